The molecule has 0 amide bonds. The molecule has 0 radical (unpaired) electrons. The van der Waals surface area contributed by atoms with Crippen LogP contribution in [-0.4, -0.2) is 38.5 Å². The highest BCUT2D eigenvalue weighted by Gasteiger charge is 2.38. The Morgan fingerprint density at radius 3 is 2.72 bits per heavy atom. The molecule has 0 aliphatic carbocycles. The second-order valence-electron chi connectivity index (χ2n) is 4.63. The van der Waals surface area contributed by atoms with E-state index < -0.39 is 5.97 Å². The van der Waals surface area contributed by atoms with E-state index in [0.29, 0.717) is 32.7 Å². The number of hydrogen-bond acceptors (Lipinski definition) is 4. The van der Waals surface area contributed by atoms with E-state index in [9.17, 15) is 4.79 Å². The molecular weight excluding hydrogens is 234 g/mol. The minimum Gasteiger partial charge on any atom is -0.474 e. The van der Waals surface area contributed by atoms with E-state index in [1.54, 1.807) is 0 Å². The lowest BCUT2D eigenvalue weighted by Gasteiger charge is -2.41. The Kier molecular flexibility index (Phi) is 4.00. The molecule has 1 spiro atoms. The van der Waals surface area contributed by atoms with Crippen LogP contribution in [0.1, 0.15) is 25.7 Å². The number of methoxy groups -OCH3 is 1. The molecule has 2 saturated heterocycles. The summed E-state index contributed by atoms with van der Waals surface area (Å²) in [5, 5.41) is 0. The van der Waals surface area contributed by atoms with Crippen molar-refractivity contribution in [2.75, 3.05) is 26.9 Å². The van der Waals surface area contributed by atoms with Gasteiger partial charge >= 0.3 is 5.97 Å². The van der Waals surface area contributed by atoms with Crippen LogP contribution in [0.4, 0.5) is 0 Å². The SMILES string of the molecule is [C-]#[N+]/C(C(=O)OC)=C1\CCOC2(CCOCC2)C1. The van der Waals surface area contributed by atoms with Crippen LogP contribution in [0.15, 0.2) is 11.3 Å². The number of carbonyl (C=O) groups excluding carboxylic acids is 1. The fourth-order valence-corrected chi connectivity index (χ4v) is 2.55. The number of carbonyl (C=O) groups is 1. The van der Waals surface area contributed by atoms with E-state index in [4.69, 9.17) is 16.0 Å². The van der Waals surface area contributed by atoms with Crippen molar-refractivity contribution < 1.29 is 19.0 Å². The molecule has 0 aromatic heterocycles. The summed E-state index contributed by atoms with van der Waals surface area (Å²) in [5.41, 5.74) is 0.757. The monoisotopic (exact) mass is 251 g/mol. The minimum atomic E-state index is -0.538. The van der Waals surface area contributed by atoms with Gasteiger partial charge in [0.25, 0.3) is 5.70 Å². The van der Waals surface area contributed by atoms with Gasteiger partial charge in [-0.05, 0) is 12.8 Å². The van der Waals surface area contributed by atoms with Gasteiger partial charge < -0.3 is 14.2 Å². The van der Waals surface area contributed by atoms with Crippen LogP contribution in [0.25, 0.3) is 4.85 Å². The highest BCUT2D eigenvalue weighted by Crippen LogP contribution is 2.38. The first-order chi connectivity index (χ1) is 8.71. The standard InChI is InChI=1S/C13H17NO4/c1-14-11(12(15)16-2)10-3-6-18-13(9-10)4-7-17-8-5-13/h3-9H2,2H3/b11-10+. The van der Waals surface area contributed by atoms with Gasteiger partial charge in [-0.1, -0.05) is 5.57 Å². The van der Waals surface area contributed by atoms with Gasteiger partial charge in [0.05, 0.1) is 19.3 Å². The summed E-state index contributed by atoms with van der Waals surface area (Å²) in [6.45, 7) is 9.05. The summed E-state index contributed by atoms with van der Waals surface area (Å²) in [6.07, 6.45) is 2.92. The smallest absolute Gasteiger partial charge is 0.335 e. The maximum atomic E-state index is 11.6. The average molecular weight is 251 g/mol. The molecule has 0 unspecified atom stereocenters. The Bertz CT molecular complexity index is 396. The number of rotatable bonds is 1. The highest BCUT2D eigenvalue weighted by atomic mass is 16.5. The molecule has 0 aromatic rings. The number of nitrogens with zero attached hydrogens (tertiary/aromatic N) is 1. The summed E-state index contributed by atoms with van der Waals surface area (Å²) in [6, 6.07) is 0. The van der Waals surface area contributed by atoms with Gasteiger partial charge in [-0.25, -0.2) is 4.85 Å². The maximum Gasteiger partial charge on any atom is 0.335 e. The molecule has 0 saturated carbocycles. The lowest BCUT2D eigenvalue weighted by atomic mass is 9.83. The van der Waals surface area contributed by atoms with Crippen molar-refractivity contribution in [3.05, 3.63) is 22.7 Å². The van der Waals surface area contributed by atoms with Crippen molar-refractivity contribution in [1.29, 1.82) is 0 Å². The van der Waals surface area contributed by atoms with Crippen molar-refractivity contribution >= 4 is 5.97 Å². The van der Waals surface area contributed by atoms with Crippen molar-refractivity contribution in [2.45, 2.75) is 31.3 Å². The summed E-state index contributed by atoms with van der Waals surface area (Å²) in [4.78, 5) is 14.9. The van der Waals surface area contributed by atoms with E-state index >= 15 is 0 Å². The lowest BCUT2D eigenvalue weighted by molar-refractivity contribution is -0.136. The zero-order valence-corrected chi connectivity index (χ0v) is 10.5. The third-order valence-electron chi connectivity index (χ3n) is 3.58. The van der Waals surface area contributed by atoms with Gasteiger partial charge in [-0.3, -0.25) is 4.79 Å². The number of hydrogen-bond donors (Lipinski definition) is 0. The zero-order chi connectivity index (χ0) is 13.0. The molecular formula is C13H17NO4. The summed E-state index contributed by atoms with van der Waals surface area (Å²) < 4.78 is 15.9. The maximum absolute atomic E-state index is 11.6. The van der Waals surface area contributed by atoms with Gasteiger partial charge in [-0.2, -0.15) is 0 Å². The predicted molar refractivity (Wildman–Crippen MR) is 63.6 cm³/mol. The van der Waals surface area contributed by atoms with Crippen molar-refractivity contribution in [3.63, 3.8) is 0 Å². The molecule has 5 nitrogen and oxygen atoms in total. The summed E-state index contributed by atoms with van der Waals surface area (Å²) >= 11 is 0. The Labute approximate surface area is 107 Å². The Hall–Kier alpha value is -1.38. The Morgan fingerprint density at radius 2 is 2.11 bits per heavy atom. The zero-order valence-electron chi connectivity index (χ0n) is 10.5. The van der Waals surface area contributed by atoms with Gasteiger partial charge in [-0.15, -0.1) is 0 Å². The van der Waals surface area contributed by atoms with E-state index in [2.05, 4.69) is 9.58 Å². The molecule has 0 bridgehead atoms. The Morgan fingerprint density at radius 1 is 1.39 bits per heavy atom. The number of ether oxygens (including phenoxy) is 3. The van der Waals surface area contributed by atoms with Crippen molar-refractivity contribution in [3.8, 4) is 0 Å². The van der Waals surface area contributed by atoms with Gasteiger partial charge in [0.1, 0.15) is 0 Å². The predicted octanol–water partition coefficient (Wildman–Crippen LogP) is 1.69. The van der Waals surface area contributed by atoms with Crippen molar-refractivity contribution in [1.82, 2.24) is 0 Å². The second-order valence-corrected chi connectivity index (χ2v) is 4.63. The average Bonchev–Trinajstić information content (AvgIpc) is 2.40. The minimum absolute atomic E-state index is 0.131. The fourth-order valence-electron chi connectivity index (χ4n) is 2.55. The lowest BCUT2D eigenvalue weighted by Crippen LogP contribution is -2.42. The topological polar surface area (TPSA) is 49.1 Å². The van der Waals surface area contributed by atoms with Crippen LogP contribution in [-0.2, 0) is 19.0 Å². The van der Waals surface area contributed by atoms with E-state index in [-0.39, 0.29) is 11.3 Å². The van der Waals surface area contributed by atoms with Crippen LogP contribution in [0.3, 0.4) is 0 Å². The quantitative estimate of drug-likeness (QED) is 0.404. The van der Waals surface area contributed by atoms with Gasteiger partial charge in [0, 0.05) is 32.7 Å². The fraction of sp³-hybridized carbons (Fsp3) is 0.692. The number of esters is 1. The normalized spacial score (nSPS) is 25.3. The molecule has 0 atom stereocenters. The Balaban J connectivity index is 2.21. The molecule has 2 aliphatic rings. The highest BCUT2D eigenvalue weighted by molar-refractivity contribution is 5.91. The second kappa shape index (κ2) is 5.51. The summed E-state index contributed by atoms with van der Waals surface area (Å²) in [7, 11) is 1.30. The van der Waals surface area contributed by atoms with Gasteiger partial charge in [0.15, 0.2) is 0 Å². The first-order valence-corrected chi connectivity index (χ1v) is 6.10. The molecule has 0 aromatic carbocycles. The van der Waals surface area contributed by atoms with Crippen LogP contribution >= 0.6 is 0 Å². The largest absolute Gasteiger partial charge is 0.474 e. The van der Waals surface area contributed by atoms with E-state index in [1.807, 2.05) is 0 Å². The van der Waals surface area contributed by atoms with E-state index in [0.717, 1.165) is 18.4 Å². The van der Waals surface area contributed by atoms with Crippen LogP contribution in [0, 0.1) is 6.57 Å². The molecule has 2 aliphatic heterocycles. The molecule has 0 N–H and O–H groups in total. The third-order valence-corrected chi connectivity index (χ3v) is 3.58. The van der Waals surface area contributed by atoms with Crippen LogP contribution in [0.5, 0.6) is 0 Å². The summed E-state index contributed by atoms with van der Waals surface area (Å²) in [5.74, 6) is -0.538. The molecule has 2 rings (SSSR count). The van der Waals surface area contributed by atoms with Crippen molar-refractivity contribution in [2.24, 2.45) is 0 Å². The van der Waals surface area contributed by atoms with Crippen LogP contribution in [0.2, 0.25) is 0 Å². The van der Waals surface area contributed by atoms with Gasteiger partial charge in [0.2, 0.25) is 0 Å². The molecule has 2 fully saturated rings. The molecule has 98 valence electrons. The molecule has 2 heterocycles. The molecule has 5 heteroatoms. The van der Waals surface area contributed by atoms with E-state index in [1.165, 1.54) is 7.11 Å². The molecule has 18 heavy (non-hydrogen) atoms. The first kappa shape index (κ1) is 13.1. The van der Waals surface area contributed by atoms with Crippen LogP contribution < -0.4 is 0 Å². The third kappa shape index (κ3) is 2.55. The first-order valence-electron chi connectivity index (χ1n) is 6.10.